The van der Waals surface area contributed by atoms with Crippen molar-refractivity contribution in [3.05, 3.63) is 65.9 Å². The summed E-state index contributed by atoms with van der Waals surface area (Å²) >= 11 is 0. The zero-order valence-electron chi connectivity index (χ0n) is 14.6. The number of rotatable bonds is 6. The van der Waals surface area contributed by atoms with Crippen LogP contribution in [0.25, 0.3) is 5.82 Å². The lowest BCUT2D eigenvalue weighted by Crippen LogP contribution is -2.19. The van der Waals surface area contributed by atoms with E-state index < -0.39 is 0 Å². The van der Waals surface area contributed by atoms with Crippen LogP contribution in [0.5, 0.6) is 11.5 Å². The summed E-state index contributed by atoms with van der Waals surface area (Å²) in [4.78, 5) is 8.71. The van der Waals surface area contributed by atoms with E-state index in [4.69, 9.17) is 4.74 Å². The number of benzene rings is 1. The van der Waals surface area contributed by atoms with Crippen molar-refractivity contribution >= 4 is 0 Å². The molecule has 3 rings (SSSR count). The van der Waals surface area contributed by atoms with Gasteiger partial charge in [-0.15, -0.1) is 0 Å². The fraction of sp³-hybridized carbons (Fsp3) is 0.263. The lowest BCUT2D eigenvalue weighted by atomic mass is 10.1. The number of nitrogens with one attached hydrogen (secondary N) is 1. The molecule has 0 radical (unpaired) electrons. The number of nitrogens with zero attached hydrogens (tertiary/aromatic N) is 3. The Morgan fingerprint density at radius 3 is 2.72 bits per heavy atom. The zero-order valence-corrected chi connectivity index (χ0v) is 14.6. The summed E-state index contributed by atoms with van der Waals surface area (Å²) in [5, 5.41) is 13.1. The largest absolute Gasteiger partial charge is 0.508 e. The maximum absolute atomic E-state index is 9.71. The van der Waals surface area contributed by atoms with Gasteiger partial charge in [0.1, 0.15) is 23.1 Å². The van der Waals surface area contributed by atoms with Gasteiger partial charge in [0.2, 0.25) is 0 Å². The highest BCUT2D eigenvalue weighted by Gasteiger charge is 2.12. The number of phenols is 1. The van der Waals surface area contributed by atoms with Crippen molar-refractivity contribution in [1.82, 2.24) is 19.9 Å². The maximum atomic E-state index is 9.71. The number of imidazole rings is 1. The summed E-state index contributed by atoms with van der Waals surface area (Å²) in [6, 6.07) is 9.16. The van der Waals surface area contributed by atoms with Gasteiger partial charge >= 0.3 is 0 Å². The van der Waals surface area contributed by atoms with Gasteiger partial charge in [-0.25, -0.2) is 9.97 Å². The van der Waals surface area contributed by atoms with Crippen molar-refractivity contribution in [2.45, 2.75) is 26.4 Å². The predicted octanol–water partition coefficient (Wildman–Crippen LogP) is 3.14. The number of phenolic OH excluding ortho intramolecular Hbond substituents is 1. The molecule has 3 aromatic rings. The molecule has 0 saturated carbocycles. The highest BCUT2D eigenvalue weighted by molar-refractivity contribution is 5.41. The number of aryl methyl sites for hydroxylation is 1. The molecule has 0 aliphatic carbocycles. The molecule has 6 heteroatoms. The molecule has 0 spiro atoms. The predicted molar refractivity (Wildman–Crippen MR) is 96.0 cm³/mol. The first-order chi connectivity index (χ1) is 12.1. The van der Waals surface area contributed by atoms with Gasteiger partial charge in [-0.05, 0) is 43.7 Å². The van der Waals surface area contributed by atoms with Crippen LogP contribution in [0.3, 0.4) is 0 Å². The highest BCUT2D eigenvalue weighted by Crippen LogP contribution is 2.28. The summed E-state index contributed by atoms with van der Waals surface area (Å²) in [5.74, 6) is 2.73. The third-order valence-corrected chi connectivity index (χ3v) is 4.17. The molecule has 2 heterocycles. The molecule has 130 valence electrons. The second kappa shape index (κ2) is 7.36. The van der Waals surface area contributed by atoms with E-state index in [9.17, 15) is 5.11 Å². The summed E-state index contributed by atoms with van der Waals surface area (Å²) in [6.07, 6.45) is 5.51. The molecule has 0 aliphatic rings. The van der Waals surface area contributed by atoms with Gasteiger partial charge in [0.15, 0.2) is 0 Å². The van der Waals surface area contributed by atoms with E-state index >= 15 is 0 Å². The van der Waals surface area contributed by atoms with Gasteiger partial charge in [-0.1, -0.05) is 6.07 Å². The van der Waals surface area contributed by atoms with Crippen molar-refractivity contribution in [3.63, 3.8) is 0 Å². The fourth-order valence-corrected chi connectivity index (χ4v) is 2.72. The second-order valence-corrected chi connectivity index (χ2v) is 5.90. The number of pyridine rings is 1. The Bertz CT molecular complexity index is 843. The van der Waals surface area contributed by atoms with Crippen molar-refractivity contribution in [3.8, 4) is 17.3 Å². The normalized spacial score (nSPS) is 12.1. The van der Waals surface area contributed by atoms with Gasteiger partial charge in [0, 0.05) is 36.7 Å². The molecule has 0 unspecified atom stereocenters. The topological polar surface area (TPSA) is 72.2 Å². The summed E-state index contributed by atoms with van der Waals surface area (Å²) in [7, 11) is 1.63. The first-order valence-corrected chi connectivity index (χ1v) is 8.14. The number of aromatic nitrogens is 3. The van der Waals surface area contributed by atoms with Crippen molar-refractivity contribution in [2.75, 3.05) is 7.11 Å². The van der Waals surface area contributed by atoms with E-state index in [0.29, 0.717) is 6.54 Å². The molecule has 2 aromatic heterocycles. The Labute approximate surface area is 147 Å². The van der Waals surface area contributed by atoms with E-state index in [0.717, 1.165) is 28.5 Å². The minimum atomic E-state index is 0.0256. The van der Waals surface area contributed by atoms with Gasteiger partial charge in [-0.3, -0.25) is 4.57 Å². The average Bonchev–Trinajstić information content (AvgIpc) is 3.06. The zero-order chi connectivity index (χ0) is 17.8. The number of aromatic hydroxyl groups is 1. The van der Waals surface area contributed by atoms with Gasteiger partial charge in [0.25, 0.3) is 0 Å². The molecule has 6 nitrogen and oxygen atoms in total. The van der Waals surface area contributed by atoms with Gasteiger partial charge in [-0.2, -0.15) is 0 Å². The quantitative estimate of drug-likeness (QED) is 0.722. The first kappa shape index (κ1) is 17.0. The SMILES string of the molecule is COc1ccc(O)cc1[C@H](C)NCc1ccc(-n2ccnc2C)nc1. The van der Waals surface area contributed by atoms with Gasteiger partial charge in [0.05, 0.1) is 7.11 Å². The van der Waals surface area contributed by atoms with Crippen LogP contribution in [0.15, 0.2) is 48.9 Å². The van der Waals surface area contributed by atoms with Crippen LogP contribution < -0.4 is 10.1 Å². The Morgan fingerprint density at radius 2 is 2.08 bits per heavy atom. The molecule has 2 N–H and O–H groups in total. The number of methoxy groups -OCH3 is 1. The molecule has 0 amide bonds. The number of hydrogen-bond donors (Lipinski definition) is 2. The Hall–Kier alpha value is -2.86. The molecule has 0 fully saturated rings. The van der Waals surface area contributed by atoms with Crippen LogP contribution in [0.1, 0.15) is 29.9 Å². The third kappa shape index (κ3) is 3.80. The van der Waals surface area contributed by atoms with Crippen LogP contribution >= 0.6 is 0 Å². The molecule has 25 heavy (non-hydrogen) atoms. The fourth-order valence-electron chi connectivity index (χ4n) is 2.72. The van der Waals surface area contributed by atoms with E-state index in [1.165, 1.54) is 0 Å². The third-order valence-electron chi connectivity index (χ3n) is 4.17. The molecule has 0 aliphatic heterocycles. The first-order valence-electron chi connectivity index (χ1n) is 8.14. The second-order valence-electron chi connectivity index (χ2n) is 5.90. The highest BCUT2D eigenvalue weighted by atomic mass is 16.5. The molecular weight excluding hydrogens is 316 g/mol. The standard InChI is InChI=1S/C19H22N4O2/c1-13(17-10-16(24)5-6-18(17)25-3)21-11-15-4-7-19(22-12-15)23-9-8-20-14(23)2/h4-10,12-13,21,24H,11H2,1-3H3/t13-/m0/s1. The maximum Gasteiger partial charge on any atom is 0.137 e. The van der Waals surface area contributed by atoms with Crippen LogP contribution in [-0.2, 0) is 6.54 Å². The summed E-state index contributed by atoms with van der Waals surface area (Å²) < 4.78 is 7.31. The van der Waals surface area contributed by atoms with Crippen molar-refractivity contribution in [1.29, 1.82) is 0 Å². The van der Waals surface area contributed by atoms with E-state index in [1.807, 2.05) is 42.9 Å². The lowest BCUT2D eigenvalue weighted by molar-refractivity contribution is 0.398. The average molecular weight is 338 g/mol. The Morgan fingerprint density at radius 1 is 1.24 bits per heavy atom. The summed E-state index contributed by atoms with van der Waals surface area (Å²) in [5.41, 5.74) is 1.99. The molecule has 0 saturated heterocycles. The molecule has 1 atom stereocenters. The van der Waals surface area contributed by atoms with Crippen LogP contribution in [0, 0.1) is 6.92 Å². The monoisotopic (exact) mass is 338 g/mol. The van der Waals surface area contributed by atoms with Crippen molar-refractivity contribution < 1.29 is 9.84 Å². The Balaban J connectivity index is 1.67. The van der Waals surface area contributed by atoms with Crippen LogP contribution in [0.4, 0.5) is 0 Å². The molecule has 0 bridgehead atoms. The lowest BCUT2D eigenvalue weighted by Gasteiger charge is -2.17. The molecule has 1 aromatic carbocycles. The summed E-state index contributed by atoms with van der Waals surface area (Å²) in [6.45, 7) is 4.64. The van der Waals surface area contributed by atoms with Crippen molar-refractivity contribution in [2.24, 2.45) is 0 Å². The van der Waals surface area contributed by atoms with E-state index in [2.05, 4.69) is 15.3 Å². The minimum Gasteiger partial charge on any atom is -0.508 e. The van der Waals surface area contributed by atoms with E-state index in [-0.39, 0.29) is 11.8 Å². The smallest absolute Gasteiger partial charge is 0.137 e. The molecular formula is C19H22N4O2. The Kier molecular flexibility index (Phi) is 5.00. The number of ether oxygens (including phenoxy) is 1. The van der Waals surface area contributed by atoms with Gasteiger partial charge < -0.3 is 15.2 Å². The van der Waals surface area contributed by atoms with E-state index in [1.54, 1.807) is 31.5 Å². The van der Waals surface area contributed by atoms with Crippen LogP contribution in [0.2, 0.25) is 0 Å². The van der Waals surface area contributed by atoms with Crippen LogP contribution in [-0.4, -0.2) is 26.8 Å². The minimum absolute atomic E-state index is 0.0256. The number of hydrogen-bond acceptors (Lipinski definition) is 5.